The van der Waals surface area contributed by atoms with Gasteiger partial charge in [-0.05, 0) is 17.8 Å². The quantitative estimate of drug-likeness (QED) is 0.682. The van der Waals surface area contributed by atoms with Crippen LogP contribution in [0.25, 0.3) is 0 Å². The second-order valence-electron chi connectivity index (χ2n) is 5.93. The number of aliphatic carboxylic acids is 1. The average molecular weight is 258 g/mol. The molecule has 0 aliphatic carbocycles. The summed E-state index contributed by atoms with van der Waals surface area (Å²) in [6, 6.07) is -0.233. The molecule has 3 N–H and O–H groups in total. The van der Waals surface area contributed by atoms with Crippen molar-refractivity contribution in [2.24, 2.45) is 17.3 Å². The van der Waals surface area contributed by atoms with Gasteiger partial charge in [0.25, 0.3) is 0 Å². The van der Waals surface area contributed by atoms with Crippen molar-refractivity contribution in [1.82, 2.24) is 10.6 Å². The highest BCUT2D eigenvalue weighted by Gasteiger charge is 2.20. The van der Waals surface area contributed by atoms with Crippen molar-refractivity contribution in [2.75, 3.05) is 13.1 Å². The lowest BCUT2D eigenvalue weighted by Gasteiger charge is -2.27. The third kappa shape index (κ3) is 7.14. The van der Waals surface area contributed by atoms with E-state index in [4.69, 9.17) is 5.11 Å². The number of urea groups is 1. The van der Waals surface area contributed by atoms with Crippen molar-refractivity contribution in [3.05, 3.63) is 0 Å². The average Bonchev–Trinajstić information content (AvgIpc) is 2.24. The topological polar surface area (TPSA) is 78.4 Å². The zero-order valence-corrected chi connectivity index (χ0v) is 12.0. The number of hydrogen-bond acceptors (Lipinski definition) is 2. The van der Waals surface area contributed by atoms with Gasteiger partial charge in [0.15, 0.2) is 0 Å². The van der Waals surface area contributed by atoms with Gasteiger partial charge >= 0.3 is 12.0 Å². The minimum atomic E-state index is -0.835. The molecule has 5 nitrogen and oxygen atoms in total. The molecular formula is C13H26N2O3. The van der Waals surface area contributed by atoms with Gasteiger partial charge in [0.2, 0.25) is 0 Å². The number of carbonyl (C=O) groups is 2. The molecular weight excluding hydrogens is 232 g/mol. The molecule has 0 saturated heterocycles. The molecule has 2 atom stereocenters. The number of carbonyl (C=O) groups excluding carboxylic acids is 1. The van der Waals surface area contributed by atoms with Gasteiger partial charge in [-0.25, -0.2) is 4.79 Å². The van der Waals surface area contributed by atoms with Gasteiger partial charge in [-0.1, -0.05) is 34.6 Å². The molecule has 0 spiro atoms. The summed E-state index contributed by atoms with van der Waals surface area (Å²) in [5.74, 6) is -0.890. The summed E-state index contributed by atoms with van der Waals surface area (Å²) in [7, 11) is 0. The van der Waals surface area contributed by atoms with E-state index in [1.807, 2.05) is 0 Å². The van der Waals surface area contributed by atoms with Crippen molar-refractivity contribution in [3.8, 4) is 0 Å². The molecule has 18 heavy (non-hydrogen) atoms. The van der Waals surface area contributed by atoms with E-state index in [0.29, 0.717) is 25.4 Å². The first kappa shape index (κ1) is 16.7. The van der Waals surface area contributed by atoms with Crippen LogP contribution in [0.2, 0.25) is 0 Å². The fraction of sp³-hybridized carbons (Fsp3) is 0.846. The van der Waals surface area contributed by atoms with E-state index in [0.717, 1.165) is 0 Å². The molecule has 0 radical (unpaired) electrons. The monoisotopic (exact) mass is 258 g/mol. The predicted molar refractivity (Wildman–Crippen MR) is 71.4 cm³/mol. The summed E-state index contributed by atoms with van der Waals surface area (Å²) in [6.07, 6.45) is 0.442. The summed E-state index contributed by atoms with van der Waals surface area (Å²) in [6.45, 7) is 11.1. The lowest BCUT2D eigenvalue weighted by atomic mass is 9.82. The van der Waals surface area contributed by atoms with Crippen molar-refractivity contribution < 1.29 is 14.7 Å². The number of carboxylic acids is 1. The third-order valence-electron chi connectivity index (χ3n) is 3.33. The normalized spacial score (nSPS) is 14.7. The largest absolute Gasteiger partial charge is 0.481 e. The van der Waals surface area contributed by atoms with Crippen molar-refractivity contribution in [2.45, 2.75) is 41.0 Å². The molecule has 0 rings (SSSR count). The summed E-state index contributed by atoms with van der Waals surface area (Å²) in [4.78, 5) is 22.0. The molecule has 5 heteroatoms. The molecule has 2 unspecified atom stereocenters. The summed E-state index contributed by atoms with van der Waals surface area (Å²) < 4.78 is 0. The van der Waals surface area contributed by atoms with Gasteiger partial charge in [-0.3, -0.25) is 4.79 Å². The molecule has 106 valence electrons. The van der Waals surface area contributed by atoms with E-state index in [1.54, 1.807) is 6.92 Å². The molecule has 0 aromatic heterocycles. The van der Waals surface area contributed by atoms with Gasteiger partial charge < -0.3 is 15.7 Å². The van der Waals surface area contributed by atoms with E-state index < -0.39 is 11.9 Å². The maximum absolute atomic E-state index is 11.5. The van der Waals surface area contributed by atoms with Gasteiger partial charge in [-0.2, -0.15) is 0 Å². The first-order valence-electron chi connectivity index (χ1n) is 6.39. The Kier molecular flexibility index (Phi) is 6.73. The predicted octanol–water partition coefficient (Wildman–Crippen LogP) is 2.08. The highest BCUT2D eigenvalue weighted by Crippen LogP contribution is 2.24. The number of amides is 2. The fourth-order valence-corrected chi connectivity index (χ4v) is 1.14. The number of carboxylic acid groups (broad SMARTS) is 1. The third-order valence-corrected chi connectivity index (χ3v) is 3.33. The molecule has 0 fully saturated rings. The van der Waals surface area contributed by atoms with Crippen LogP contribution in [0.4, 0.5) is 4.79 Å². The Bertz CT molecular complexity index is 284. The molecule has 0 saturated carbocycles. The summed E-state index contributed by atoms with van der Waals surface area (Å²) in [5.41, 5.74) is 0.158. The van der Waals surface area contributed by atoms with Crippen molar-refractivity contribution >= 4 is 12.0 Å². The van der Waals surface area contributed by atoms with E-state index >= 15 is 0 Å². The Balaban J connectivity index is 3.76. The Morgan fingerprint density at radius 2 is 1.72 bits per heavy atom. The Labute approximate surface area is 109 Å². The van der Waals surface area contributed by atoms with Crippen LogP contribution in [0.3, 0.4) is 0 Å². The first-order valence-corrected chi connectivity index (χ1v) is 6.39. The molecule has 0 aliphatic heterocycles. The molecule has 0 aromatic carbocycles. The summed E-state index contributed by atoms with van der Waals surface area (Å²) >= 11 is 0. The number of nitrogens with one attached hydrogen (secondary N) is 2. The number of rotatable bonds is 6. The van der Waals surface area contributed by atoms with Gasteiger partial charge in [-0.15, -0.1) is 0 Å². The van der Waals surface area contributed by atoms with Crippen LogP contribution in [-0.2, 0) is 4.79 Å². The fourth-order valence-electron chi connectivity index (χ4n) is 1.14. The zero-order valence-electron chi connectivity index (χ0n) is 12.0. The minimum absolute atomic E-state index is 0.158. The molecule has 0 heterocycles. The van der Waals surface area contributed by atoms with Crippen LogP contribution in [0.5, 0.6) is 0 Å². The van der Waals surface area contributed by atoms with Crippen molar-refractivity contribution in [3.63, 3.8) is 0 Å². The van der Waals surface area contributed by atoms with E-state index in [-0.39, 0.29) is 11.4 Å². The highest BCUT2D eigenvalue weighted by molar-refractivity contribution is 5.74. The Hall–Kier alpha value is -1.26. The second kappa shape index (κ2) is 7.24. The molecule has 0 aromatic rings. The summed E-state index contributed by atoms with van der Waals surface area (Å²) in [5, 5.41) is 14.1. The van der Waals surface area contributed by atoms with Crippen molar-refractivity contribution in [1.29, 1.82) is 0 Å². The lowest BCUT2D eigenvalue weighted by Crippen LogP contribution is -2.40. The molecule has 2 amide bonds. The highest BCUT2D eigenvalue weighted by atomic mass is 16.4. The van der Waals surface area contributed by atoms with Crippen LogP contribution in [-0.4, -0.2) is 30.2 Å². The SMILES string of the molecule is CC(CCNC(=O)NCC(C)C(C)(C)C)C(=O)O. The van der Waals surface area contributed by atoms with Crippen LogP contribution in [0.15, 0.2) is 0 Å². The van der Waals surface area contributed by atoms with E-state index in [2.05, 4.69) is 38.3 Å². The van der Waals surface area contributed by atoms with Crippen LogP contribution in [0, 0.1) is 17.3 Å². The van der Waals surface area contributed by atoms with Crippen LogP contribution >= 0.6 is 0 Å². The van der Waals surface area contributed by atoms with Crippen LogP contribution in [0.1, 0.15) is 41.0 Å². The Morgan fingerprint density at radius 3 is 2.17 bits per heavy atom. The maximum atomic E-state index is 11.5. The minimum Gasteiger partial charge on any atom is -0.481 e. The Morgan fingerprint density at radius 1 is 1.17 bits per heavy atom. The van der Waals surface area contributed by atoms with E-state index in [1.165, 1.54) is 0 Å². The molecule has 0 bridgehead atoms. The zero-order chi connectivity index (χ0) is 14.3. The second-order valence-corrected chi connectivity index (χ2v) is 5.93. The maximum Gasteiger partial charge on any atom is 0.314 e. The van der Waals surface area contributed by atoms with Gasteiger partial charge in [0, 0.05) is 13.1 Å². The number of hydrogen-bond donors (Lipinski definition) is 3. The van der Waals surface area contributed by atoms with E-state index in [9.17, 15) is 9.59 Å². The first-order chi connectivity index (χ1) is 8.14. The lowest BCUT2D eigenvalue weighted by molar-refractivity contribution is -0.141. The van der Waals surface area contributed by atoms with Crippen LogP contribution < -0.4 is 10.6 Å². The van der Waals surface area contributed by atoms with Gasteiger partial charge in [0.05, 0.1) is 5.92 Å². The van der Waals surface area contributed by atoms with Gasteiger partial charge in [0.1, 0.15) is 0 Å². The smallest absolute Gasteiger partial charge is 0.314 e. The molecule has 0 aliphatic rings. The standard InChI is InChI=1S/C13H26N2O3/c1-9(11(16)17)6-7-14-12(18)15-8-10(2)13(3,4)5/h9-10H,6-8H2,1-5H3,(H,16,17)(H2,14,15,18).